The van der Waals surface area contributed by atoms with Crippen LogP contribution in [0.1, 0.15) is 18.9 Å². The summed E-state index contributed by atoms with van der Waals surface area (Å²) in [5.74, 6) is 1.64. The van der Waals surface area contributed by atoms with E-state index in [9.17, 15) is 10.1 Å². The van der Waals surface area contributed by atoms with Gasteiger partial charge in [0.25, 0.3) is 5.37 Å². The largest absolute Gasteiger partial charge is 0.354 e. The van der Waals surface area contributed by atoms with Crippen LogP contribution in [-0.2, 0) is 6.54 Å². The highest BCUT2D eigenvalue weighted by Gasteiger charge is 2.23. The molecular weight excluding hydrogens is 336 g/mol. The van der Waals surface area contributed by atoms with Crippen LogP contribution in [0.2, 0.25) is 5.15 Å². The normalized spacial score (nSPS) is 15.4. The van der Waals surface area contributed by atoms with Gasteiger partial charge in [0.2, 0.25) is 0 Å². The van der Waals surface area contributed by atoms with Crippen molar-refractivity contribution in [1.82, 2.24) is 9.88 Å². The van der Waals surface area contributed by atoms with Crippen LogP contribution in [-0.4, -0.2) is 44.9 Å². The first kappa shape index (κ1) is 17.7. The summed E-state index contributed by atoms with van der Waals surface area (Å²) in [4.78, 5) is 21.5. The molecule has 0 amide bonds. The van der Waals surface area contributed by atoms with Crippen molar-refractivity contribution in [3.05, 3.63) is 51.3 Å². The van der Waals surface area contributed by atoms with Crippen molar-refractivity contribution >= 4 is 29.2 Å². The van der Waals surface area contributed by atoms with Crippen molar-refractivity contribution < 1.29 is 4.92 Å². The lowest BCUT2D eigenvalue weighted by molar-refractivity contribution is -0.485. The Bertz CT molecular complexity index is 592. The predicted molar refractivity (Wildman–Crippen MR) is 94.6 cm³/mol. The van der Waals surface area contributed by atoms with Gasteiger partial charge in [0, 0.05) is 42.0 Å². The summed E-state index contributed by atoms with van der Waals surface area (Å²) in [6.45, 7) is 7.73. The highest BCUT2D eigenvalue weighted by atomic mass is 35.5. The Morgan fingerprint density at radius 1 is 1.61 bits per heavy atom. The number of pyridine rings is 1. The van der Waals surface area contributed by atoms with Crippen LogP contribution >= 0.6 is 23.4 Å². The van der Waals surface area contributed by atoms with Crippen LogP contribution in [0, 0.1) is 10.1 Å². The van der Waals surface area contributed by atoms with Gasteiger partial charge in [-0.05, 0) is 18.6 Å². The third-order valence-corrected chi connectivity index (χ3v) is 4.96. The monoisotopic (exact) mass is 354 g/mol. The summed E-state index contributed by atoms with van der Waals surface area (Å²) in [7, 11) is 0. The van der Waals surface area contributed by atoms with Crippen molar-refractivity contribution in [2.24, 2.45) is 4.99 Å². The topological polar surface area (TPSA) is 71.6 Å². The molecule has 0 saturated heterocycles. The maximum atomic E-state index is 11.0. The Labute approximate surface area is 144 Å². The van der Waals surface area contributed by atoms with Crippen molar-refractivity contribution in [3.63, 3.8) is 0 Å². The number of nitrogens with zero attached hydrogens (tertiary/aromatic N) is 4. The molecule has 1 aliphatic heterocycles. The molecule has 2 rings (SSSR count). The van der Waals surface area contributed by atoms with E-state index in [1.54, 1.807) is 19.2 Å². The van der Waals surface area contributed by atoms with Gasteiger partial charge in [0.05, 0.1) is 6.54 Å². The van der Waals surface area contributed by atoms with E-state index in [0.717, 1.165) is 31.0 Å². The quantitative estimate of drug-likeness (QED) is 0.235. The minimum absolute atomic E-state index is 0.291. The molecule has 0 fully saturated rings. The number of thioether (sulfide) groups is 1. The first-order chi connectivity index (χ1) is 11.0. The molecule has 23 heavy (non-hydrogen) atoms. The highest BCUT2D eigenvalue weighted by molar-refractivity contribution is 7.99. The van der Waals surface area contributed by atoms with Gasteiger partial charge in [0.15, 0.2) is 0 Å². The molecule has 1 aromatic heterocycles. The van der Waals surface area contributed by atoms with Crippen molar-refractivity contribution in [1.29, 1.82) is 0 Å². The number of hydrogen-bond acceptors (Lipinski definition) is 6. The highest BCUT2D eigenvalue weighted by Crippen LogP contribution is 2.21. The minimum Gasteiger partial charge on any atom is -0.354 e. The van der Waals surface area contributed by atoms with Gasteiger partial charge in [-0.15, -0.1) is 0 Å². The maximum absolute atomic E-state index is 11.0. The van der Waals surface area contributed by atoms with E-state index < -0.39 is 5.37 Å². The molecule has 0 aliphatic carbocycles. The molecular formula is C15H19ClN4O2S. The molecule has 1 aromatic rings. The van der Waals surface area contributed by atoms with Gasteiger partial charge in [-0.25, -0.2) is 4.98 Å². The summed E-state index contributed by atoms with van der Waals surface area (Å²) >= 11 is 7.09. The number of rotatable bonds is 8. The molecule has 1 aliphatic rings. The van der Waals surface area contributed by atoms with E-state index in [1.165, 1.54) is 11.8 Å². The van der Waals surface area contributed by atoms with Crippen LogP contribution in [0.3, 0.4) is 0 Å². The predicted octanol–water partition coefficient (Wildman–Crippen LogP) is 3.25. The third kappa shape index (κ3) is 5.21. The molecule has 124 valence electrons. The van der Waals surface area contributed by atoms with Crippen molar-refractivity contribution in [2.45, 2.75) is 25.3 Å². The average molecular weight is 355 g/mol. The van der Waals surface area contributed by atoms with Gasteiger partial charge in [-0.2, -0.15) is 0 Å². The maximum Gasteiger partial charge on any atom is 0.279 e. The fourth-order valence-corrected chi connectivity index (χ4v) is 3.34. The van der Waals surface area contributed by atoms with Crippen molar-refractivity contribution in [3.8, 4) is 0 Å². The second-order valence-electron chi connectivity index (χ2n) is 5.31. The summed E-state index contributed by atoms with van der Waals surface area (Å²) in [5.41, 5.74) is 1.64. The van der Waals surface area contributed by atoms with E-state index in [-0.39, 0.29) is 4.92 Å². The van der Waals surface area contributed by atoms with Crippen LogP contribution in [0.5, 0.6) is 0 Å². The first-order valence-electron chi connectivity index (χ1n) is 7.26. The standard InChI is InChI=1S/C15H19ClN4O2S/c1-11(2)15(20(21)22)23-8-5-14-17-6-7-19(14)10-12-3-4-13(16)18-9-12/h3-4,9,15H,1,5-8,10H2,2H3. The van der Waals surface area contributed by atoms with E-state index >= 15 is 0 Å². The summed E-state index contributed by atoms with van der Waals surface area (Å²) in [6.07, 6.45) is 2.47. The number of aromatic nitrogens is 1. The molecule has 1 atom stereocenters. The SMILES string of the molecule is C=C(C)C(SCCC1=NCCN1Cc1ccc(Cl)nc1)[N+](=O)[O-]. The molecule has 0 spiro atoms. The van der Waals surface area contributed by atoms with Crippen molar-refractivity contribution in [2.75, 3.05) is 18.8 Å². The van der Waals surface area contributed by atoms with Gasteiger partial charge in [-0.3, -0.25) is 15.1 Å². The average Bonchev–Trinajstić information content (AvgIpc) is 2.92. The van der Waals surface area contributed by atoms with Crippen LogP contribution < -0.4 is 0 Å². The summed E-state index contributed by atoms with van der Waals surface area (Å²) in [6, 6.07) is 3.72. The van der Waals surface area contributed by atoms with E-state index in [0.29, 0.717) is 22.9 Å². The number of halogens is 1. The Morgan fingerprint density at radius 2 is 2.39 bits per heavy atom. The zero-order valence-electron chi connectivity index (χ0n) is 12.9. The Balaban J connectivity index is 1.86. The van der Waals surface area contributed by atoms with Gasteiger partial charge < -0.3 is 4.90 Å². The van der Waals surface area contributed by atoms with E-state index in [2.05, 4.69) is 21.5 Å². The summed E-state index contributed by atoms with van der Waals surface area (Å²) < 4.78 is 0. The lowest BCUT2D eigenvalue weighted by Crippen LogP contribution is -2.28. The lowest BCUT2D eigenvalue weighted by Gasteiger charge is -2.20. The fourth-order valence-electron chi connectivity index (χ4n) is 2.30. The fraction of sp³-hybridized carbons (Fsp3) is 0.467. The number of hydrogen-bond donors (Lipinski definition) is 0. The molecule has 0 N–H and O–H groups in total. The molecule has 0 saturated carbocycles. The molecule has 2 heterocycles. The molecule has 8 heteroatoms. The Morgan fingerprint density at radius 3 is 3.00 bits per heavy atom. The molecule has 0 radical (unpaired) electrons. The first-order valence-corrected chi connectivity index (χ1v) is 8.69. The second kappa shape index (κ2) is 8.31. The minimum atomic E-state index is -0.745. The molecule has 0 bridgehead atoms. The van der Waals surface area contributed by atoms with Crippen LogP contribution in [0.15, 0.2) is 35.5 Å². The van der Waals surface area contributed by atoms with E-state index in [1.807, 2.05) is 6.07 Å². The Hall–Kier alpha value is -1.60. The van der Waals surface area contributed by atoms with Gasteiger partial charge in [-0.1, -0.05) is 36.0 Å². The van der Waals surface area contributed by atoms with Gasteiger partial charge in [0.1, 0.15) is 11.0 Å². The Kier molecular flexibility index (Phi) is 6.41. The number of amidine groups is 1. The van der Waals surface area contributed by atoms with Crippen LogP contribution in [0.25, 0.3) is 0 Å². The van der Waals surface area contributed by atoms with E-state index in [4.69, 9.17) is 11.6 Å². The summed E-state index contributed by atoms with van der Waals surface area (Å²) in [5, 5.41) is 10.7. The zero-order chi connectivity index (χ0) is 16.8. The lowest BCUT2D eigenvalue weighted by atomic mass is 10.2. The molecule has 6 nitrogen and oxygen atoms in total. The third-order valence-electron chi connectivity index (χ3n) is 3.41. The molecule has 0 aromatic carbocycles. The second-order valence-corrected chi connectivity index (χ2v) is 6.89. The zero-order valence-corrected chi connectivity index (χ0v) is 14.5. The number of aliphatic imine (C=N–C) groups is 1. The number of nitro groups is 1. The molecule has 1 unspecified atom stereocenters. The van der Waals surface area contributed by atoms with Crippen LogP contribution in [0.4, 0.5) is 0 Å². The smallest absolute Gasteiger partial charge is 0.279 e. The van der Waals surface area contributed by atoms with Gasteiger partial charge >= 0.3 is 0 Å².